The van der Waals surface area contributed by atoms with E-state index in [1.807, 2.05) is 6.07 Å². The van der Waals surface area contributed by atoms with Gasteiger partial charge in [0.25, 0.3) is 11.1 Å². The highest BCUT2D eigenvalue weighted by atomic mass is 32.2. The summed E-state index contributed by atoms with van der Waals surface area (Å²) in [6, 6.07) is 19.6. The first kappa shape index (κ1) is 32.3. The number of aromatic amines is 1. The van der Waals surface area contributed by atoms with Crippen LogP contribution in [-0.2, 0) is 47.4 Å². The van der Waals surface area contributed by atoms with E-state index < -0.39 is 36.5 Å². The Hall–Kier alpha value is -4.24. The van der Waals surface area contributed by atoms with Crippen molar-refractivity contribution in [2.45, 2.75) is 28.0 Å². The third-order valence-corrected chi connectivity index (χ3v) is 8.93. The molecule has 0 atom stereocenters. The van der Waals surface area contributed by atoms with Gasteiger partial charge in [-0.25, -0.2) is 16.8 Å². The third kappa shape index (κ3) is 8.88. The fraction of sp³-hybridized carbons (Fsp3) is 0.214. The molecule has 0 aliphatic rings. The first-order chi connectivity index (χ1) is 20.0. The number of hydrogen-bond donors (Lipinski definition) is 2. The Morgan fingerprint density at radius 1 is 0.786 bits per heavy atom. The van der Waals surface area contributed by atoms with Crippen molar-refractivity contribution < 1.29 is 36.2 Å². The van der Waals surface area contributed by atoms with Gasteiger partial charge in [0, 0.05) is 38.7 Å². The van der Waals surface area contributed by atoms with Crippen molar-refractivity contribution in [1.29, 1.82) is 0 Å². The molecule has 2 aromatic carbocycles. The van der Waals surface area contributed by atoms with Crippen molar-refractivity contribution in [3.8, 4) is 11.5 Å². The van der Waals surface area contributed by atoms with Gasteiger partial charge in [-0.05, 0) is 11.1 Å². The topological polar surface area (TPSA) is 171 Å². The standard InChI is InChI=1S/C16H19NO6S.C12H11NO4S/c1-21-11-17-9-14(8-15(16(17)18)23-12-22-2)24(19,20)10-13-6-4-3-5-7-13;14-11-6-10(7-13-12(11)15)18(16,17)8-9-4-2-1-3-5-9/h3-9H,10-12H2,1-2H3;1-7,14H,8H2,(H,13,15). The predicted molar refractivity (Wildman–Crippen MR) is 154 cm³/mol. The molecular formula is C28H30N2O10S2. The maximum atomic E-state index is 12.7. The van der Waals surface area contributed by atoms with Crippen molar-refractivity contribution >= 4 is 19.7 Å². The normalized spacial score (nSPS) is 11.4. The molecule has 0 unspecified atom stereocenters. The van der Waals surface area contributed by atoms with E-state index in [9.17, 15) is 31.5 Å². The molecule has 0 spiro atoms. The lowest BCUT2D eigenvalue weighted by Crippen LogP contribution is -2.24. The van der Waals surface area contributed by atoms with Crippen LogP contribution in [0.5, 0.6) is 11.5 Å². The Kier molecular flexibility index (Phi) is 11.2. The Morgan fingerprint density at radius 2 is 1.33 bits per heavy atom. The summed E-state index contributed by atoms with van der Waals surface area (Å²) in [4.78, 5) is 25.2. The summed E-state index contributed by atoms with van der Waals surface area (Å²) in [6.45, 7) is -0.249. The van der Waals surface area contributed by atoms with Crippen LogP contribution in [0, 0.1) is 0 Å². The number of ether oxygens (including phenoxy) is 3. The van der Waals surface area contributed by atoms with Crippen LogP contribution in [0.3, 0.4) is 0 Å². The maximum absolute atomic E-state index is 12.7. The number of benzene rings is 2. The first-order valence-corrected chi connectivity index (χ1v) is 15.6. The van der Waals surface area contributed by atoms with Gasteiger partial charge in [0.2, 0.25) is 0 Å². The molecule has 0 aliphatic heterocycles. The zero-order valence-corrected chi connectivity index (χ0v) is 24.4. The summed E-state index contributed by atoms with van der Waals surface area (Å²) in [6.07, 6.45) is 2.34. The molecule has 0 radical (unpaired) electrons. The van der Waals surface area contributed by atoms with Crippen LogP contribution in [0.25, 0.3) is 0 Å². The molecule has 4 rings (SSSR count). The van der Waals surface area contributed by atoms with Crippen LogP contribution >= 0.6 is 0 Å². The van der Waals surface area contributed by atoms with E-state index in [-0.39, 0.29) is 40.6 Å². The Bertz CT molecular complexity index is 1800. The SMILES string of the molecule is COCOc1cc(S(=O)(=O)Cc2ccccc2)cn(COC)c1=O.O=c1[nH]cc(S(=O)(=O)Cc2ccccc2)cc1O. The minimum atomic E-state index is -3.65. The van der Waals surface area contributed by atoms with Gasteiger partial charge >= 0.3 is 0 Å². The largest absolute Gasteiger partial charge is 0.503 e. The van der Waals surface area contributed by atoms with E-state index >= 15 is 0 Å². The van der Waals surface area contributed by atoms with Gasteiger partial charge in [0.1, 0.15) is 6.73 Å². The van der Waals surface area contributed by atoms with Gasteiger partial charge in [0.15, 0.2) is 38.0 Å². The van der Waals surface area contributed by atoms with Crippen LogP contribution in [0.1, 0.15) is 11.1 Å². The number of hydrogen-bond acceptors (Lipinski definition) is 10. The van der Waals surface area contributed by atoms with Crippen molar-refractivity contribution in [3.63, 3.8) is 0 Å². The van der Waals surface area contributed by atoms with Crippen LogP contribution in [0.2, 0.25) is 0 Å². The molecule has 2 aromatic heterocycles. The minimum absolute atomic E-state index is 0.0193. The quantitative estimate of drug-likeness (QED) is 0.238. The number of aromatic hydroxyl groups is 1. The first-order valence-electron chi connectivity index (χ1n) is 12.3. The fourth-order valence-corrected chi connectivity index (χ4v) is 6.30. The minimum Gasteiger partial charge on any atom is -0.503 e. The van der Waals surface area contributed by atoms with Crippen LogP contribution in [0.15, 0.2) is 105 Å². The van der Waals surface area contributed by atoms with E-state index in [4.69, 9.17) is 14.2 Å². The van der Waals surface area contributed by atoms with Crippen molar-refractivity contribution in [2.24, 2.45) is 0 Å². The number of pyridine rings is 2. The van der Waals surface area contributed by atoms with E-state index in [2.05, 4.69) is 4.98 Å². The number of nitrogens with zero attached hydrogens (tertiary/aromatic N) is 1. The van der Waals surface area contributed by atoms with Gasteiger partial charge in [-0.1, -0.05) is 60.7 Å². The lowest BCUT2D eigenvalue weighted by atomic mass is 10.2. The molecule has 0 amide bonds. The molecule has 12 nitrogen and oxygen atoms in total. The van der Waals surface area contributed by atoms with E-state index in [1.54, 1.807) is 54.6 Å². The zero-order chi connectivity index (χ0) is 30.8. The molecule has 0 aliphatic carbocycles. The number of methoxy groups -OCH3 is 2. The van der Waals surface area contributed by atoms with Gasteiger partial charge < -0.3 is 24.3 Å². The summed E-state index contributed by atoms with van der Waals surface area (Å²) in [5.74, 6) is -1.07. The highest BCUT2D eigenvalue weighted by Gasteiger charge is 2.20. The molecule has 2 N–H and O–H groups in total. The number of rotatable bonds is 11. The van der Waals surface area contributed by atoms with Crippen molar-refractivity contribution in [3.05, 3.63) is 117 Å². The molecule has 224 valence electrons. The average Bonchev–Trinajstić information content (AvgIpc) is 2.96. The molecular weight excluding hydrogens is 588 g/mol. The van der Waals surface area contributed by atoms with Crippen molar-refractivity contribution in [1.82, 2.24) is 9.55 Å². The molecule has 0 saturated carbocycles. The van der Waals surface area contributed by atoms with Gasteiger partial charge in [-0.3, -0.25) is 14.2 Å². The van der Waals surface area contributed by atoms with E-state index in [0.29, 0.717) is 11.1 Å². The Labute approximate surface area is 242 Å². The second kappa shape index (κ2) is 14.6. The van der Waals surface area contributed by atoms with Crippen LogP contribution < -0.4 is 15.9 Å². The average molecular weight is 619 g/mol. The van der Waals surface area contributed by atoms with Gasteiger partial charge in [-0.15, -0.1) is 0 Å². The molecule has 0 bridgehead atoms. The van der Waals surface area contributed by atoms with Gasteiger partial charge in [-0.2, -0.15) is 0 Å². The lowest BCUT2D eigenvalue weighted by Gasteiger charge is -2.12. The Morgan fingerprint density at radius 3 is 1.83 bits per heavy atom. The third-order valence-electron chi connectivity index (χ3n) is 5.60. The molecule has 0 saturated heterocycles. The maximum Gasteiger partial charge on any atom is 0.294 e. The van der Waals surface area contributed by atoms with Gasteiger partial charge in [0.05, 0.1) is 21.3 Å². The Balaban J connectivity index is 0.000000240. The summed E-state index contributed by atoms with van der Waals surface area (Å²) in [7, 11) is -4.42. The monoisotopic (exact) mass is 618 g/mol. The van der Waals surface area contributed by atoms with Crippen molar-refractivity contribution in [2.75, 3.05) is 21.0 Å². The highest BCUT2D eigenvalue weighted by molar-refractivity contribution is 7.91. The molecule has 4 aromatic rings. The number of H-pyrrole nitrogens is 1. The second-order valence-corrected chi connectivity index (χ2v) is 12.8. The highest BCUT2D eigenvalue weighted by Crippen LogP contribution is 2.20. The predicted octanol–water partition coefficient (Wildman–Crippen LogP) is 2.46. The fourth-order valence-electron chi connectivity index (χ4n) is 3.60. The zero-order valence-electron chi connectivity index (χ0n) is 22.8. The molecule has 2 heterocycles. The van der Waals surface area contributed by atoms with Crippen LogP contribution in [0.4, 0.5) is 0 Å². The number of sulfone groups is 2. The smallest absolute Gasteiger partial charge is 0.294 e. The van der Waals surface area contributed by atoms with Crippen LogP contribution in [-0.4, -0.2) is 52.5 Å². The summed E-state index contributed by atoms with van der Waals surface area (Å²) in [5.41, 5.74) is 0.0887. The summed E-state index contributed by atoms with van der Waals surface area (Å²) in [5, 5.41) is 9.22. The summed E-state index contributed by atoms with van der Waals surface area (Å²) >= 11 is 0. The molecule has 42 heavy (non-hydrogen) atoms. The molecule has 14 heteroatoms. The molecule has 0 fully saturated rings. The second-order valence-electron chi connectivity index (χ2n) is 8.82. The summed E-state index contributed by atoms with van der Waals surface area (Å²) < 4.78 is 65.4. The number of nitrogens with one attached hydrogen (secondary N) is 1. The van der Waals surface area contributed by atoms with E-state index in [1.165, 1.54) is 26.5 Å². The lowest BCUT2D eigenvalue weighted by molar-refractivity contribution is 0.0483. The van der Waals surface area contributed by atoms with E-state index in [0.717, 1.165) is 16.8 Å². The number of aromatic nitrogens is 2.